The number of rotatable bonds is 7. The summed E-state index contributed by atoms with van der Waals surface area (Å²) in [4.78, 5) is 11.7. The van der Waals surface area contributed by atoms with Crippen LogP contribution in [0.3, 0.4) is 0 Å². The summed E-state index contributed by atoms with van der Waals surface area (Å²) in [6.45, 7) is 0.498. The zero-order chi connectivity index (χ0) is 16.7. The normalized spacial score (nSPS) is 10.6. The van der Waals surface area contributed by atoms with Gasteiger partial charge in [0.15, 0.2) is 0 Å². The van der Waals surface area contributed by atoms with Gasteiger partial charge in [0.05, 0.1) is 5.75 Å². The molecule has 6 heteroatoms. The van der Waals surface area contributed by atoms with Crippen LogP contribution >= 0.6 is 27.7 Å². The standard InChI is InChI=1S/C17H16BrF2NOS/c18-14-4-3-13(16(20)9-14)10-23-11-17(22)21-8-7-12-1-5-15(19)6-2-12/h1-6,9H,7-8,10-11H2,(H,21,22). The van der Waals surface area contributed by atoms with E-state index < -0.39 is 0 Å². The first-order chi connectivity index (χ1) is 11.0. The Labute approximate surface area is 146 Å². The maximum Gasteiger partial charge on any atom is 0.230 e. The minimum absolute atomic E-state index is 0.0883. The van der Waals surface area contributed by atoms with E-state index in [1.807, 2.05) is 0 Å². The predicted molar refractivity (Wildman–Crippen MR) is 93.4 cm³/mol. The smallest absolute Gasteiger partial charge is 0.230 e. The predicted octanol–water partition coefficient (Wildman–Crippen LogP) is 4.32. The first-order valence-electron chi connectivity index (χ1n) is 7.07. The molecule has 0 radical (unpaired) electrons. The quantitative estimate of drug-likeness (QED) is 0.750. The second-order valence-electron chi connectivity index (χ2n) is 4.95. The highest BCUT2D eigenvalue weighted by Crippen LogP contribution is 2.19. The van der Waals surface area contributed by atoms with E-state index in [1.54, 1.807) is 24.3 Å². The molecule has 0 fully saturated rings. The summed E-state index contributed by atoms with van der Waals surface area (Å²) in [5.74, 6) is 0.0937. The van der Waals surface area contributed by atoms with Crippen LogP contribution in [0.5, 0.6) is 0 Å². The Bertz CT molecular complexity index is 664. The number of benzene rings is 2. The molecular formula is C17H16BrF2NOS. The highest BCUT2D eigenvalue weighted by Gasteiger charge is 2.06. The number of halogens is 3. The van der Waals surface area contributed by atoms with Gasteiger partial charge in [0.2, 0.25) is 5.91 Å². The van der Waals surface area contributed by atoms with Gasteiger partial charge in [-0.15, -0.1) is 11.8 Å². The van der Waals surface area contributed by atoms with Crippen molar-refractivity contribution in [3.05, 3.63) is 69.7 Å². The first-order valence-corrected chi connectivity index (χ1v) is 9.02. The van der Waals surface area contributed by atoms with Gasteiger partial charge in [-0.1, -0.05) is 34.1 Å². The van der Waals surface area contributed by atoms with Crippen LogP contribution in [0.2, 0.25) is 0 Å². The summed E-state index contributed by atoms with van der Waals surface area (Å²) in [7, 11) is 0. The van der Waals surface area contributed by atoms with E-state index in [4.69, 9.17) is 0 Å². The van der Waals surface area contributed by atoms with Crippen molar-refractivity contribution in [1.29, 1.82) is 0 Å². The average Bonchev–Trinajstić information content (AvgIpc) is 2.51. The van der Waals surface area contributed by atoms with Crippen molar-refractivity contribution in [2.45, 2.75) is 12.2 Å². The number of carbonyl (C=O) groups is 1. The van der Waals surface area contributed by atoms with Gasteiger partial charge in [0.25, 0.3) is 0 Å². The molecule has 0 spiro atoms. The summed E-state index contributed by atoms with van der Waals surface area (Å²) in [5.41, 5.74) is 1.55. The Hall–Kier alpha value is -1.40. The van der Waals surface area contributed by atoms with E-state index in [0.717, 1.165) is 5.56 Å². The molecule has 0 unspecified atom stereocenters. The SMILES string of the molecule is O=C(CSCc1ccc(Br)cc1F)NCCc1ccc(F)cc1. The molecule has 0 aliphatic carbocycles. The van der Waals surface area contributed by atoms with Crippen molar-refractivity contribution >= 4 is 33.6 Å². The van der Waals surface area contributed by atoms with E-state index >= 15 is 0 Å². The fourth-order valence-electron chi connectivity index (χ4n) is 1.94. The molecule has 23 heavy (non-hydrogen) atoms. The van der Waals surface area contributed by atoms with Crippen LogP contribution < -0.4 is 5.32 Å². The van der Waals surface area contributed by atoms with Crippen LogP contribution in [0, 0.1) is 11.6 Å². The number of hydrogen-bond donors (Lipinski definition) is 1. The monoisotopic (exact) mass is 399 g/mol. The minimum atomic E-state index is -0.274. The minimum Gasteiger partial charge on any atom is -0.355 e. The molecule has 0 aliphatic rings. The molecule has 0 heterocycles. The van der Waals surface area contributed by atoms with Crippen LogP contribution in [0.4, 0.5) is 8.78 Å². The van der Waals surface area contributed by atoms with Gasteiger partial charge in [-0.25, -0.2) is 8.78 Å². The molecule has 0 aromatic heterocycles. The Morgan fingerprint density at radius 1 is 1.13 bits per heavy atom. The second-order valence-corrected chi connectivity index (χ2v) is 6.86. The highest BCUT2D eigenvalue weighted by atomic mass is 79.9. The zero-order valence-corrected chi connectivity index (χ0v) is 14.7. The maximum absolute atomic E-state index is 13.6. The Morgan fingerprint density at radius 3 is 2.57 bits per heavy atom. The molecule has 2 aromatic carbocycles. The van der Waals surface area contributed by atoms with Crippen molar-refractivity contribution < 1.29 is 13.6 Å². The molecule has 2 aromatic rings. The van der Waals surface area contributed by atoms with Gasteiger partial charge < -0.3 is 5.32 Å². The van der Waals surface area contributed by atoms with E-state index in [2.05, 4.69) is 21.2 Å². The third-order valence-electron chi connectivity index (χ3n) is 3.15. The van der Waals surface area contributed by atoms with Crippen LogP contribution in [-0.4, -0.2) is 18.2 Å². The number of amides is 1. The molecule has 0 bridgehead atoms. The van der Waals surface area contributed by atoms with Crippen molar-refractivity contribution in [3.8, 4) is 0 Å². The molecular weight excluding hydrogens is 384 g/mol. The molecule has 0 atom stereocenters. The first kappa shape index (κ1) is 17.9. The average molecular weight is 400 g/mol. The summed E-state index contributed by atoms with van der Waals surface area (Å²) in [6.07, 6.45) is 0.651. The number of nitrogens with one attached hydrogen (secondary N) is 1. The summed E-state index contributed by atoms with van der Waals surface area (Å²) in [5, 5.41) is 2.80. The maximum atomic E-state index is 13.6. The lowest BCUT2D eigenvalue weighted by Crippen LogP contribution is -2.27. The van der Waals surface area contributed by atoms with Gasteiger partial charge >= 0.3 is 0 Å². The van der Waals surface area contributed by atoms with Crippen molar-refractivity contribution in [2.24, 2.45) is 0 Å². The molecule has 2 rings (SSSR count). The fraction of sp³-hybridized carbons (Fsp3) is 0.235. The fourth-order valence-corrected chi connectivity index (χ4v) is 3.12. The third-order valence-corrected chi connectivity index (χ3v) is 4.63. The van der Waals surface area contributed by atoms with Gasteiger partial charge in [-0.05, 0) is 41.8 Å². The van der Waals surface area contributed by atoms with Crippen molar-refractivity contribution in [2.75, 3.05) is 12.3 Å². The second kappa shape index (κ2) is 9.03. The molecule has 0 saturated heterocycles. The number of thioether (sulfide) groups is 1. The highest BCUT2D eigenvalue weighted by molar-refractivity contribution is 9.10. The third kappa shape index (κ3) is 6.31. The van der Waals surface area contributed by atoms with Gasteiger partial charge in [-0.3, -0.25) is 4.79 Å². The largest absolute Gasteiger partial charge is 0.355 e. The van der Waals surface area contributed by atoms with E-state index in [0.29, 0.717) is 28.8 Å². The van der Waals surface area contributed by atoms with Crippen LogP contribution in [0.25, 0.3) is 0 Å². The molecule has 1 N–H and O–H groups in total. The zero-order valence-electron chi connectivity index (χ0n) is 12.3. The van der Waals surface area contributed by atoms with Gasteiger partial charge in [-0.2, -0.15) is 0 Å². The van der Waals surface area contributed by atoms with Crippen LogP contribution in [-0.2, 0) is 17.0 Å². The number of carbonyl (C=O) groups excluding carboxylic acids is 1. The van der Waals surface area contributed by atoms with E-state index in [9.17, 15) is 13.6 Å². The Kier molecular flexibility index (Phi) is 7.05. The topological polar surface area (TPSA) is 29.1 Å². The van der Waals surface area contributed by atoms with Crippen LogP contribution in [0.15, 0.2) is 46.9 Å². The van der Waals surface area contributed by atoms with Crippen molar-refractivity contribution in [3.63, 3.8) is 0 Å². The molecule has 1 amide bonds. The number of hydrogen-bond acceptors (Lipinski definition) is 2. The lowest BCUT2D eigenvalue weighted by atomic mass is 10.1. The van der Waals surface area contributed by atoms with Crippen molar-refractivity contribution in [1.82, 2.24) is 5.32 Å². The molecule has 2 nitrogen and oxygen atoms in total. The molecule has 0 aliphatic heterocycles. The molecule has 0 saturated carbocycles. The Balaban J connectivity index is 1.66. The lowest BCUT2D eigenvalue weighted by molar-refractivity contribution is -0.118. The van der Waals surface area contributed by atoms with Crippen LogP contribution in [0.1, 0.15) is 11.1 Å². The van der Waals surface area contributed by atoms with Gasteiger partial charge in [0, 0.05) is 16.8 Å². The Morgan fingerprint density at radius 2 is 1.87 bits per heavy atom. The van der Waals surface area contributed by atoms with E-state index in [-0.39, 0.29) is 23.3 Å². The van der Waals surface area contributed by atoms with Gasteiger partial charge in [0.1, 0.15) is 11.6 Å². The molecule has 122 valence electrons. The summed E-state index contributed by atoms with van der Waals surface area (Å²) >= 11 is 4.57. The van der Waals surface area contributed by atoms with E-state index in [1.165, 1.54) is 30.0 Å². The summed E-state index contributed by atoms with van der Waals surface area (Å²) in [6, 6.07) is 11.1. The lowest BCUT2D eigenvalue weighted by Gasteiger charge is -2.06. The summed E-state index contributed by atoms with van der Waals surface area (Å²) < 4.78 is 27.1.